The molecule has 1 atom stereocenters. The van der Waals surface area contributed by atoms with Gasteiger partial charge in [-0.3, -0.25) is 4.90 Å². The van der Waals surface area contributed by atoms with Crippen LogP contribution < -0.4 is 0 Å². The van der Waals surface area contributed by atoms with E-state index in [1.807, 2.05) is 11.8 Å². The second-order valence-corrected chi connectivity index (χ2v) is 5.10. The molecule has 2 heterocycles. The van der Waals surface area contributed by atoms with Gasteiger partial charge in [-0.25, -0.2) is 4.79 Å². The Hall–Kier alpha value is -0.770. The molecule has 0 N–H and O–H groups in total. The molecule has 0 radical (unpaired) electrons. The zero-order valence-electron chi connectivity index (χ0n) is 10.9. The highest BCUT2D eigenvalue weighted by molar-refractivity contribution is 5.67. The van der Waals surface area contributed by atoms with Gasteiger partial charge in [0.05, 0.1) is 6.61 Å². The molecule has 0 spiro atoms. The Bertz CT molecular complexity index is 252. The molecule has 4 heteroatoms. The topological polar surface area (TPSA) is 32.8 Å². The molecule has 2 rings (SSSR count). The lowest BCUT2D eigenvalue weighted by molar-refractivity contribution is 0.0707. The van der Waals surface area contributed by atoms with Crippen molar-refractivity contribution < 1.29 is 9.53 Å². The maximum absolute atomic E-state index is 11.8. The second-order valence-electron chi connectivity index (χ2n) is 5.10. The number of likely N-dealkylation sites (tertiary alicyclic amines) is 2. The van der Waals surface area contributed by atoms with Crippen LogP contribution in [0.5, 0.6) is 0 Å². The van der Waals surface area contributed by atoms with Gasteiger partial charge in [0.2, 0.25) is 0 Å². The van der Waals surface area contributed by atoms with Crippen molar-refractivity contribution in [1.29, 1.82) is 0 Å². The van der Waals surface area contributed by atoms with E-state index in [-0.39, 0.29) is 6.09 Å². The lowest BCUT2D eigenvalue weighted by atomic mass is 10.1. The number of carbonyl (C=O) groups excluding carboxylic acids is 1. The molecule has 1 amide bonds. The van der Waals surface area contributed by atoms with E-state index in [9.17, 15) is 4.79 Å². The normalized spacial score (nSPS) is 26.2. The summed E-state index contributed by atoms with van der Waals surface area (Å²) in [6.45, 7) is 6.72. The summed E-state index contributed by atoms with van der Waals surface area (Å²) in [6.07, 6.45) is 5.76. The SMILES string of the molecule is CCCOC(=O)N1CCCC(N2CCCC2)C1. The highest BCUT2D eigenvalue weighted by atomic mass is 16.6. The zero-order valence-corrected chi connectivity index (χ0v) is 10.9. The lowest BCUT2D eigenvalue weighted by Crippen LogP contribution is -2.49. The van der Waals surface area contributed by atoms with Crippen LogP contribution in [0.4, 0.5) is 4.79 Å². The summed E-state index contributed by atoms with van der Waals surface area (Å²) in [6, 6.07) is 0.570. The van der Waals surface area contributed by atoms with Crippen molar-refractivity contribution in [2.24, 2.45) is 0 Å². The second kappa shape index (κ2) is 6.24. The molecule has 0 aliphatic carbocycles. The Morgan fingerprint density at radius 2 is 2.00 bits per heavy atom. The highest BCUT2D eigenvalue weighted by Crippen LogP contribution is 2.20. The monoisotopic (exact) mass is 240 g/mol. The van der Waals surface area contributed by atoms with Crippen LogP contribution in [-0.4, -0.2) is 54.7 Å². The van der Waals surface area contributed by atoms with Gasteiger partial charge in [0, 0.05) is 19.1 Å². The summed E-state index contributed by atoms with van der Waals surface area (Å²) in [5.41, 5.74) is 0. The molecule has 2 saturated heterocycles. The number of piperidine rings is 1. The van der Waals surface area contributed by atoms with E-state index in [1.165, 1.54) is 32.4 Å². The summed E-state index contributed by atoms with van der Waals surface area (Å²) in [5.74, 6) is 0. The first-order valence-electron chi connectivity index (χ1n) is 6.97. The van der Waals surface area contributed by atoms with Crippen molar-refractivity contribution >= 4 is 6.09 Å². The number of ether oxygens (including phenoxy) is 1. The van der Waals surface area contributed by atoms with Gasteiger partial charge in [-0.15, -0.1) is 0 Å². The molecule has 2 aliphatic heterocycles. The van der Waals surface area contributed by atoms with E-state index in [2.05, 4.69) is 4.90 Å². The van der Waals surface area contributed by atoms with E-state index in [0.717, 1.165) is 25.9 Å². The van der Waals surface area contributed by atoms with Gasteiger partial charge in [0.15, 0.2) is 0 Å². The largest absolute Gasteiger partial charge is 0.449 e. The third-order valence-electron chi connectivity index (χ3n) is 3.74. The van der Waals surface area contributed by atoms with Crippen LogP contribution in [0.2, 0.25) is 0 Å². The predicted molar refractivity (Wildman–Crippen MR) is 67.0 cm³/mol. The van der Waals surface area contributed by atoms with Gasteiger partial charge in [-0.05, 0) is 45.2 Å². The van der Waals surface area contributed by atoms with E-state index in [1.54, 1.807) is 0 Å². The number of rotatable bonds is 3. The quantitative estimate of drug-likeness (QED) is 0.757. The van der Waals surface area contributed by atoms with Crippen LogP contribution in [-0.2, 0) is 4.74 Å². The van der Waals surface area contributed by atoms with Gasteiger partial charge < -0.3 is 9.64 Å². The van der Waals surface area contributed by atoms with Gasteiger partial charge in [0.25, 0.3) is 0 Å². The van der Waals surface area contributed by atoms with Gasteiger partial charge in [-0.1, -0.05) is 6.92 Å². The molecule has 4 nitrogen and oxygen atoms in total. The van der Waals surface area contributed by atoms with Crippen LogP contribution in [0.15, 0.2) is 0 Å². The number of hydrogen-bond acceptors (Lipinski definition) is 3. The van der Waals surface area contributed by atoms with E-state index in [4.69, 9.17) is 4.74 Å². The molecule has 17 heavy (non-hydrogen) atoms. The fourth-order valence-electron chi connectivity index (χ4n) is 2.81. The molecule has 98 valence electrons. The van der Waals surface area contributed by atoms with Gasteiger partial charge in [-0.2, -0.15) is 0 Å². The molecule has 2 aliphatic rings. The van der Waals surface area contributed by atoms with E-state index in [0.29, 0.717) is 12.6 Å². The van der Waals surface area contributed by atoms with Crippen LogP contribution in [0.3, 0.4) is 0 Å². The molecule has 1 unspecified atom stereocenters. The van der Waals surface area contributed by atoms with Crippen molar-refractivity contribution in [1.82, 2.24) is 9.80 Å². The molecule has 0 aromatic heterocycles. The standard InChI is InChI=1S/C13H24N2O2/c1-2-10-17-13(16)15-9-5-6-12(11-15)14-7-3-4-8-14/h12H,2-11H2,1H3. The van der Waals surface area contributed by atoms with Crippen LogP contribution in [0.25, 0.3) is 0 Å². The van der Waals surface area contributed by atoms with Crippen molar-refractivity contribution in [3.8, 4) is 0 Å². The predicted octanol–water partition coefficient (Wildman–Crippen LogP) is 2.09. The summed E-state index contributed by atoms with van der Waals surface area (Å²) in [7, 11) is 0. The molecule has 0 saturated carbocycles. The highest BCUT2D eigenvalue weighted by Gasteiger charge is 2.29. The Kier molecular flexibility index (Phi) is 4.66. The van der Waals surface area contributed by atoms with Crippen molar-refractivity contribution in [3.05, 3.63) is 0 Å². The Labute approximate surface area is 104 Å². The molecule has 2 fully saturated rings. The third kappa shape index (κ3) is 3.35. The third-order valence-corrected chi connectivity index (χ3v) is 3.74. The number of carbonyl (C=O) groups is 1. The fraction of sp³-hybridized carbons (Fsp3) is 0.923. The van der Waals surface area contributed by atoms with E-state index >= 15 is 0 Å². The zero-order chi connectivity index (χ0) is 12.1. The van der Waals surface area contributed by atoms with Crippen LogP contribution in [0.1, 0.15) is 39.0 Å². The minimum absolute atomic E-state index is 0.115. The molecular weight excluding hydrogens is 216 g/mol. The van der Waals surface area contributed by atoms with Crippen molar-refractivity contribution in [2.45, 2.75) is 45.1 Å². The number of nitrogens with zero attached hydrogens (tertiary/aromatic N) is 2. The van der Waals surface area contributed by atoms with Gasteiger partial charge in [0.1, 0.15) is 0 Å². The average molecular weight is 240 g/mol. The summed E-state index contributed by atoms with van der Waals surface area (Å²) in [4.78, 5) is 16.2. The molecule has 0 bridgehead atoms. The number of hydrogen-bond donors (Lipinski definition) is 0. The summed E-state index contributed by atoms with van der Waals surface area (Å²) >= 11 is 0. The minimum atomic E-state index is -0.115. The van der Waals surface area contributed by atoms with Crippen molar-refractivity contribution in [3.63, 3.8) is 0 Å². The first-order valence-corrected chi connectivity index (χ1v) is 6.97. The summed E-state index contributed by atoms with van der Waals surface area (Å²) < 4.78 is 5.21. The molecular formula is C13H24N2O2. The maximum atomic E-state index is 11.8. The van der Waals surface area contributed by atoms with Crippen LogP contribution in [0, 0.1) is 0 Å². The average Bonchev–Trinajstić information content (AvgIpc) is 2.90. The van der Waals surface area contributed by atoms with E-state index < -0.39 is 0 Å². The number of amides is 1. The molecule has 0 aromatic rings. The lowest BCUT2D eigenvalue weighted by Gasteiger charge is -2.36. The van der Waals surface area contributed by atoms with Crippen LogP contribution >= 0.6 is 0 Å². The first-order chi connectivity index (χ1) is 8.31. The first kappa shape index (κ1) is 12.7. The minimum Gasteiger partial charge on any atom is -0.449 e. The fourth-order valence-corrected chi connectivity index (χ4v) is 2.81. The Morgan fingerprint density at radius 1 is 1.24 bits per heavy atom. The van der Waals surface area contributed by atoms with Gasteiger partial charge >= 0.3 is 6.09 Å². The van der Waals surface area contributed by atoms with Crippen molar-refractivity contribution in [2.75, 3.05) is 32.8 Å². The smallest absolute Gasteiger partial charge is 0.409 e. The summed E-state index contributed by atoms with van der Waals surface area (Å²) in [5, 5.41) is 0. The Balaban J connectivity index is 1.81. The Morgan fingerprint density at radius 3 is 2.71 bits per heavy atom. The molecule has 0 aromatic carbocycles. The maximum Gasteiger partial charge on any atom is 0.409 e.